The third-order valence-electron chi connectivity index (χ3n) is 5.91. The Morgan fingerprint density at radius 1 is 1.23 bits per heavy atom. The first-order valence-electron chi connectivity index (χ1n) is 10.1. The number of primary amides is 1. The highest BCUT2D eigenvalue weighted by Gasteiger charge is 2.23. The van der Waals surface area contributed by atoms with E-state index in [1.165, 1.54) is 19.3 Å². The van der Waals surface area contributed by atoms with E-state index in [0.29, 0.717) is 17.4 Å². The van der Waals surface area contributed by atoms with Crippen LogP contribution in [0.15, 0.2) is 24.5 Å². The molecule has 0 aliphatic heterocycles. The average Bonchev–Trinajstić information content (AvgIpc) is 3.35. The van der Waals surface area contributed by atoms with Gasteiger partial charge in [0.2, 0.25) is 0 Å². The van der Waals surface area contributed by atoms with Crippen LogP contribution in [-0.4, -0.2) is 40.0 Å². The van der Waals surface area contributed by atoms with Crippen LogP contribution in [0.2, 0.25) is 0 Å². The Labute approximate surface area is 173 Å². The molecule has 5 rings (SSSR count). The summed E-state index contributed by atoms with van der Waals surface area (Å²) >= 11 is 0. The van der Waals surface area contributed by atoms with E-state index in [-0.39, 0.29) is 5.69 Å². The number of pyridine rings is 1. The Bertz CT molecular complexity index is 1270. The topological polar surface area (TPSA) is 109 Å². The van der Waals surface area contributed by atoms with Gasteiger partial charge in [0.25, 0.3) is 5.91 Å². The maximum atomic E-state index is 11.8. The Kier molecular flexibility index (Phi) is 4.19. The number of carbonyl (C=O) groups is 1. The summed E-state index contributed by atoms with van der Waals surface area (Å²) in [4.78, 5) is 21.3. The molecule has 154 valence electrons. The number of carbonyl (C=O) groups excluding carboxylic acids is 1. The van der Waals surface area contributed by atoms with Crippen LogP contribution in [0.3, 0.4) is 0 Å². The molecule has 0 spiro atoms. The summed E-state index contributed by atoms with van der Waals surface area (Å²) in [5.41, 5.74) is 9.88. The Morgan fingerprint density at radius 3 is 2.73 bits per heavy atom. The molecule has 4 heterocycles. The van der Waals surface area contributed by atoms with Gasteiger partial charge in [0.1, 0.15) is 17.1 Å². The number of rotatable bonds is 5. The van der Waals surface area contributed by atoms with Crippen LogP contribution in [-0.2, 0) is 20.6 Å². The highest BCUT2D eigenvalue weighted by molar-refractivity contribution is 5.99. The molecular weight excluding hydrogens is 380 g/mol. The van der Waals surface area contributed by atoms with Gasteiger partial charge in [-0.25, -0.2) is 9.97 Å². The molecule has 9 nitrogen and oxygen atoms in total. The predicted octanol–water partition coefficient (Wildman–Crippen LogP) is 2.44. The van der Waals surface area contributed by atoms with E-state index in [1.807, 2.05) is 31.8 Å². The normalized spacial score (nSPS) is 14.4. The molecular formula is C21H24N8O. The lowest BCUT2D eigenvalue weighted by Crippen LogP contribution is -2.19. The first kappa shape index (κ1) is 18.5. The summed E-state index contributed by atoms with van der Waals surface area (Å²) in [5, 5.41) is 9.83. The quantitative estimate of drug-likeness (QED) is 0.549. The number of hydrogen-bond donors (Lipinski definition) is 1. The standard InChI is InChI=1S/C21H24N8O/c1-12-7-18(29(26-12)10-13-5-4-6-13)16-11-27(2)21(25-16)19-14-9-23-28(3)17(14)8-15(24-19)20(22)30/h7-9,11,13H,4-6,10H2,1-3H3,(H2,22,30). The first-order valence-corrected chi connectivity index (χ1v) is 10.1. The van der Waals surface area contributed by atoms with Gasteiger partial charge in [-0.2, -0.15) is 10.2 Å². The Balaban J connectivity index is 1.63. The van der Waals surface area contributed by atoms with Crippen molar-refractivity contribution in [2.45, 2.75) is 32.7 Å². The zero-order chi connectivity index (χ0) is 21.0. The summed E-state index contributed by atoms with van der Waals surface area (Å²) in [6, 6.07) is 3.73. The van der Waals surface area contributed by atoms with Gasteiger partial charge < -0.3 is 10.3 Å². The van der Waals surface area contributed by atoms with Gasteiger partial charge in [0.05, 0.1) is 23.1 Å². The second kappa shape index (κ2) is 6.79. The lowest BCUT2D eigenvalue weighted by Gasteiger charge is -2.25. The number of imidazole rings is 1. The lowest BCUT2D eigenvalue weighted by atomic mass is 9.85. The molecule has 1 aliphatic carbocycles. The highest BCUT2D eigenvalue weighted by Crippen LogP contribution is 2.32. The molecule has 1 aliphatic rings. The largest absolute Gasteiger partial charge is 0.364 e. The van der Waals surface area contributed by atoms with Crippen molar-refractivity contribution in [1.29, 1.82) is 0 Å². The minimum atomic E-state index is -0.581. The summed E-state index contributed by atoms with van der Waals surface area (Å²) in [6.45, 7) is 2.92. The minimum Gasteiger partial charge on any atom is -0.364 e. The van der Waals surface area contributed by atoms with Crippen molar-refractivity contribution in [1.82, 2.24) is 34.1 Å². The fourth-order valence-electron chi connectivity index (χ4n) is 4.06. The van der Waals surface area contributed by atoms with Crippen molar-refractivity contribution >= 4 is 16.8 Å². The van der Waals surface area contributed by atoms with E-state index in [0.717, 1.165) is 34.5 Å². The van der Waals surface area contributed by atoms with Crippen LogP contribution in [0.4, 0.5) is 0 Å². The third kappa shape index (κ3) is 2.97. The van der Waals surface area contributed by atoms with Crippen LogP contribution in [0.1, 0.15) is 35.4 Å². The zero-order valence-corrected chi connectivity index (χ0v) is 17.3. The summed E-state index contributed by atoms with van der Waals surface area (Å²) in [5.74, 6) is 0.762. The number of aryl methyl sites for hydroxylation is 3. The Hall–Kier alpha value is -3.49. The SMILES string of the molecule is Cc1cc(-c2cn(C)c(-c3nc(C(N)=O)cc4c3cnn4C)n2)n(CC2CCC2)n1. The van der Waals surface area contributed by atoms with Crippen molar-refractivity contribution in [3.8, 4) is 22.9 Å². The van der Waals surface area contributed by atoms with Gasteiger partial charge in [-0.05, 0) is 37.8 Å². The van der Waals surface area contributed by atoms with Gasteiger partial charge in [-0.3, -0.25) is 14.2 Å². The molecule has 0 bridgehead atoms. The molecule has 0 radical (unpaired) electrons. The van der Waals surface area contributed by atoms with Crippen LogP contribution in [0, 0.1) is 12.8 Å². The van der Waals surface area contributed by atoms with Gasteiger partial charge in [0.15, 0.2) is 5.82 Å². The van der Waals surface area contributed by atoms with Gasteiger partial charge >= 0.3 is 0 Å². The van der Waals surface area contributed by atoms with E-state index in [1.54, 1.807) is 16.9 Å². The molecule has 2 N–H and O–H groups in total. The first-order chi connectivity index (χ1) is 14.4. The number of hydrogen-bond acceptors (Lipinski definition) is 5. The number of fused-ring (bicyclic) bond motifs is 1. The van der Waals surface area contributed by atoms with E-state index >= 15 is 0 Å². The minimum absolute atomic E-state index is 0.191. The smallest absolute Gasteiger partial charge is 0.267 e. The Morgan fingerprint density at radius 2 is 2.03 bits per heavy atom. The molecule has 4 aromatic heterocycles. The maximum Gasteiger partial charge on any atom is 0.267 e. The second-order valence-corrected chi connectivity index (χ2v) is 8.13. The van der Waals surface area contributed by atoms with E-state index in [4.69, 9.17) is 10.7 Å². The molecule has 0 aromatic carbocycles. The summed E-state index contributed by atoms with van der Waals surface area (Å²) < 4.78 is 5.69. The van der Waals surface area contributed by atoms with Crippen LogP contribution in [0.5, 0.6) is 0 Å². The van der Waals surface area contributed by atoms with Crippen molar-refractivity contribution < 1.29 is 4.79 Å². The van der Waals surface area contributed by atoms with E-state index in [2.05, 4.69) is 25.9 Å². The third-order valence-corrected chi connectivity index (χ3v) is 5.91. The van der Waals surface area contributed by atoms with E-state index < -0.39 is 5.91 Å². The van der Waals surface area contributed by atoms with Crippen LogP contribution in [0.25, 0.3) is 33.8 Å². The highest BCUT2D eigenvalue weighted by atomic mass is 16.1. The fourth-order valence-corrected chi connectivity index (χ4v) is 4.06. The monoisotopic (exact) mass is 404 g/mol. The molecule has 1 saturated carbocycles. The molecule has 0 atom stereocenters. The van der Waals surface area contributed by atoms with Gasteiger partial charge in [-0.15, -0.1) is 0 Å². The fraction of sp³-hybridized carbons (Fsp3) is 0.381. The zero-order valence-electron chi connectivity index (χ0n) is 17.3. The average molecular weight is 404 g/mol. The van der Waals surface area contributed by atoms with Crippen molar-refractivity contribution in [3.63, 3.8) is 0 Å². The number of nitrogens with zero attached hydrogens (tertiary/aromatic N) is 7. The summed E-state index contributed by atoms with van der Waals surface area (Å²) in [7, 11) is 3.74. The molecule has 30 heavy (non-hydrogen) atoms. The van der Waals surface area contributed by atoms with Gasteiger partial charge in [0, 0.05) is 32.2 Å². The lowest BCUT2D eigenvalue weighted by molar-refractivity contribution is 0.0996. The molecule has 1 fully saturated rings. The number of amides is 1. The van der Waals surface area contributed by atoms with Crippen molar-refractivity contribution in [2.75, 3.05) is 0 Å². The van der Waals surface area contributed by atoms with Crippen LogP contribution < -0.4 is 5.73 Å². The molecule has 9 heteroatoms. The molecule has 4 aromatic rings. The second-order valence-electron chi connectivity index (χ2n) is 8.13. The maximum absolute atomic E-state index is 11.8. The molecule has 1 amide bonds. The van der Waals surface area contributed by atoms with Crippen molar-refractivity contribution in [3.05, 3.63) is 35.9 Å². The molecule has 0 saturated heterocycles. The van der Waals surface area contributed by atoms with Gasteiger partial charge in [-0.1, -0.05) is 6.42 Å². The summed E-state index contributed by atoms with van der Waals surface area (Å²) in [6.07, 6.45) is 7.53. The van der Waals surface area contributed by atoms with E-state index in [9.17, 15) is 4.79 Å². The predicted molar refractivity (Wildman–Crippen MR) is 113 cm³/mol. The van der Waals surface area contributed by atoms with Crippen molar-refractivity contribution in [2.24, 2.45) is 25.7 Å². The number of nitrogens with two attached hydrogens (primary N) is 1. The number of aromatic nitrogens is 7. The van der Waals surface area contributed by atoms with Crippen LogP contribution >= 0.6 is 0 Å². The molecule has 0 unspecified atom stereocenters.